The molecule has 2 N–H and O–H groups in total. The maximum absolute atomic E-state index is 6.05. The Morgan fingerprint density at radius 3 is 2.30 bits per heavy atom. The molecule has 0 fully saturated rings. The Hall–Kier alpha value is -1.32. The Balaban J connectivity index is 2.38. The van der Waals surface area contributed by atoms with Crippen molar-refractivity contribution < 1.29 is 0 Å². The second kappa shape index (κ2) is 6.91. The Kier molecular flexibility index (Phi) is 5.21. The van der Waals surface area contributed by atoms with Gasteiger partial charge in [0.05, 0.1) is 6.04 Å². The summed E-state index contributed by atoms with van der Waals surface area (Å²) >= 11 is 3.64. The third-order valence-electron chi connectivity index (χ3n) is 3.57. The van der Waals surface area contributed by atoms with Crippen LogP contribution in [0.3, 0.4) is 0 Å². The highest BCUT2D eigenvalue weighted by Gasteiger charge is 2.20. The molecule has 0 aliphatic carbocycles. The minimum Gasteiger partial charge on any atom is -0.363 e. The molecule has 0 amide bonds. The van der Waals surface area contributed by atoms with Gasteiger partial charge < -0.3 is 10.6 Å². The van der Waals surface area contributed by atoms with Gasteiger partial charge in [-0.2, -0.15) is 0 Å². The number of nitrogens with two attached hydrogens (primary N) is 1. The number of hydrogen-bond acceptors (Lipinski definition) is 2. The first-order chi connectivity index (χ1) is 9.67. The summed E-state index contributed by atoms with van der Waals surface area (Å²) in [5, 5.41) is 0. The van der Waals surface area contributed by atoms with E-state index in [0.717, 1.165) is 11.0 Å². The van der Waals surface area contributed by atoms with Gasteiger partial charge in [-0.1, -0.05) is 51.8 Å². The molecule has 20 heavy (non-hydrogen) atoms. The van der Waals surface area contributed by atoms with Crippen molar-refractivity contribution in [2.24, 2.45) is 5.73 Å². The maximum Gasteiger partial charge on any atom is 0.0675 e. The van der Waals surface area contributed by atoms with E-state index in [1.54, 1.807) is 0 Å². The minimum atomic E-state index is 0.179. The van der Waals surface area contributed by atoms with Crippen molar-refractivity contribution in [3.05, 3.63) is 64.1 Å². The van der Waals surface area contributed by atoms with Crippen molar-refractivity contribution >= 4 is 21.6 Å². The first-order valence-electron chi connectivity index (χ1n) is 6.95. The van der Waals surface area contributed by atoms with Crippen molar-refractivity contribution in [3.63, 3.8) is 0 Å². The standard InChI is InChI=1S/C17H21BrN2/c1-3-20(14-10-8-13(2)9-11-14)17(12-19)15-6-4-5-7-16(15)18/h4-11,17H,3,12,19H2,1-2H3. The van der Waals surface area contributed by atoms with E-state index in [4.69, 9.17) is 5.73 Å². The van der Waals surface area contributed by atoms with Crippen LogP contribution in [-0.4, -0.2) is 13.1 Å². The van der Waals surface area contributed by atoms with Crippen LogP contribution in [0.4, 0.5) is 5.69 Å². The summed E-state index contributed by atoms with van der Waals surface area (Å²) in [4.78, 5) is 2.35. The zero-order valence-electron chi connectivity index (χ0n) is 12.0. The summed E-state index contributed by atoms with van der Waals surface area (Å²) in [6.45, 7) is 5.78. The van der Waals surface area contributed by atoms with Crippen LogP contribution >= 0.6 is 15.9 Å². The molecular weight excluding hydrogens is 312 g/mol. The molecular formula is C17H21BrN2. The predicted octanol–water partition coefficient (Wildman–Crippen LogP) is 4.28. The molecule has 0 bridgehead atoms. The van der Waals surface area contributed by atoms with Gasteiger partial charge in [-0.3, -0.25) is 0 Å². The third-order valence-corrected chi connectivity index (χ3v) is 4.29. The minimum absolute atomic E-state index is 0.179. The number of halogens is 1. The molecule has 0 radical (unpaired) electrons. The second-order valence-corrected chi connectivity index (χ2v) is 5.75. The van der Waals surface area contributed by atoms with Crippen LogP contribution in [-0.2, 0) is 0 Å². The van der Waals surface area contributed by atoms with Gasteiger partial charge in [0.1, 0.15) is 0 Å². The van der Waals surface area contributed by atoms with Gasteiger partial charge in [0.15, 0.2) is 0 Å². The van der Waals surface area contributed by atoms with E-state index in [0.29, 0.717) is 6.54 Å². The van der Waals surface area contributed by atoms with Crippen molar-refractivity contribution in [3.8, 4) is 0 Å². The highest BCUT2D eigenvalue weighted by molar-refractivity contribution is 9.10. The summed E-state index contributed by atoms with van der Waals surface area (Å²) in [6.07, 6.45) is 0. The summed E-state index contributed by atoms with van der Waals surface area (Å²) in [5.41, 5.74) is 9.77. The summed E-state index contributed by atoms with van der Waals surface area (Å²) in [5.74, 6) is 0. The first-order valence-corrected chi connectivity index (χ1v) is 7.74. The molecule has 106 valence electrons. The van der Waals surface area contributed by atoms with Crippen LogP contribution in [0.2, 0.25) is 0 Å². The number of nitrogens with zero attached hydrogens (tertiary/aromatic N) is 1. The van der Waals surface area contributed by atoms with E-state index in [2.05, 4.69) is 77.1 Å². The monoisotopic (exact) mass is 332 g/mol. The third kappa shape index (κ3) is 3.22. The second-order valence-electron chi connectivity index (χ2n) is 4.89. The largest absolute Gasteiger partial charge is 0.363 e. The predicted molar refractivity (Wildman–Crippen MR) is 90.1 cm³/mol. The molecule has 0 aromatic heterocycles. The Bertz CT molecular complexity index is 551. The lowest BCUT2D eigenvalue weighted by Gasteiger charge is -2.33. The molecule has 3 heteroatoms. The molecule has 0 spiro atoms. The summed E-state index contributed by atoms with van der Waals surface area (Å²) in [7, 11) is 0. The van der Waals surface area contributed by atoms with Crippen LogP contribution in [0.5, 0.6) is 0 Å². The van der Waals surface area contributed by atoms with E-state index in [9.17, 15) is 0 Å². The lowest BCUT2D eigenvalue weighted by Crippen LogP contribution is -2.33. The first kappa shape index (κ1) is 15.1. The number of hydrogen-bond donors (Lipinski definition) is 1. The molecule has 0 aliphatic heterocycles. The van der Waals surface area contributed by atoms with Crippen molar-refractivity contribution in [2.45, 2.75) is 19.9 Å². The molecule has 1 atom stereocenters. The van der Waals surface area contributed by atoms with E-state index in [1.807, 2.05) is 6.07 Å². The average molecular weight is 333 g/mol. The normalized spacial score (nSPS) is 12.2. The number of likely N-dealkylation sites (N-methyl/N-ethyl adjacent to an activating group) is 1. The van der Waals surface area contributed by atoms with E-state index in [-0.39, 0.29) is 6.04 Å². The Morgan fingerprint density at radius 1 is 1.10 bits per heavy atom. The summed E-state index contributed by atoms with van der Waals surface area (Å²) < 4.78 is 1.11. The topological polar surface area (TPSA) is 29.3 Å². The van der Waals surface area contributed by atoms with Crippen molar-refractivity contribution in [1.82, 2.24) is 0 Å². The number of rotatable bonds is 5. The fourth-order valence-corrected chi connectivity index (χ4v) is 3.04. The van der Waals surface area contributed by atoms with Crippen LogP contribution in [0.15, 0.2) is 53.0 Å². The van der Waals surface area contributed by atoms with Gasteiger partial charge in [0.25, 0.3) is 0 Å². The average Bonchev–Trinajstić information content (AvgIpc) is 2.47. The molecule has 2 aromatic rings. The molecule has 0 aliphatic rings. The van der Waals surface area contributed by atoms with Gasteiger partial charge in [0, 0.05) is 23.2 Å². The molecule has 2 nitrogen and oxygen atoms in total. The summed E-state index contributed by atoms with van der Waals surface area (Å²) in [6, 6.07) is 17.1. The van der Waals surface area contributed by atoms with Gasteiger partial charge >= 0.3 is 0 Å². The van der Waals surface area contributed by atoms with Crippen LogP contribution in [0, 0.1) is 6.92 Å². The van der Waals surface area contributed by atoms with Gasteiger partial charge in [-0.15, -0.1) is 0 Å². The lowest BCUT2D eigenvalue weighted by molar-refractivity contribution is 0.641. The van der Waals surface area contributed by atoms with E-state index >= 15 is 0 Å². The quantitative estimate of drug-likeness (QED) is 0.885. The highest BCUT2D eigenvalue weighted by Crippen LogP contribution is 2.30. The lowest BCUT2D eigenvalue weighted by atomic mass is 10.0. The molecule has 2 aromatic carbocycles. The van der Waals surface area contributed by atoms with Gasteiger partial charge in [0.2, 0.25) is 0 Å². The number of anilines is 1. The number of benzene rings is 2. The van der Waals surface area contributed by atoms with Crippen LogP contribution in [0.1, 0.15) is 24.1 Å². The van der Waals surface area contributed by atoms with Gasteiger partial charge in [-0.25, -0.2) is 0 Å². The molecule has 0 saturated heterocycles. The Morgan fingerprint density at radius 2 is 1.75 bits per heavy atom. The molecule has 0 heterocycles. The van der Waals surface area contributed by atoms with E-state index in [1.165, 1.54) is 16.8 Å². The fourth-order valence-electron chi connectivity index (χ4n) is 2.49. The maximum atomic E-state index is 6.05. The highest BCUT2D eigenvalue weighted by atomic mass is 79.9. The molecule has 1 unspecified atom stereocenters. The van der Waals surface area contributed by atoms with Crippen molar-refractivity contribution in [1.29, 1.82) is 0 Å². The fraction of sp³-hybridized carbons (Fsp3) is 0.294. The van der Waals surface area contributed by atoms with E-state index < -0.39 is 0 Å². The number of aryl methyl sites for hydroxylation is 1. The van der Waals surface area contributed by atoms with Crippen LogP contribution in [0.25, 0.3) is 0 Å². The SMILES string of the molecule is CCN(c1ccc(C)cc1)C(CN)c1ccccc1Br. The zero-order chi connectivity index (χ0) is 14.5. The zero-order valence-corrected chi connectivity index (χ0v) is 13.6. The molecule has 0 saturated carbocycles. The Labute approximate surface area is 129 Å². The van der Waals surface area contributed by atoms with Crippen molar-refractivity contribution in [2.75, 3.05) is 18.0 Å². The smallest absolute Gasteiger partial charge is 0.0675 e. The van der Waals surface area contributed by atoms with Crippen LogP contribution < -0.4 is 10.6 Å². The van der Waals surface area contributed by atoms with Gasteiger partial charge in [-0.05, 0) is 37.6 Å². The molecule has 2 rings (SSSR count).